The molecule has 9 nitrogen and oxygen atoms in total. The van der Waals surface area contributed by atoms with Gasteiger partial charge in [0, 0.05) is 6.42 Å². The van der Waals surface area contributed by atoms with E-state index in [2.05, 4.69) is 165 Å². The molecule has 7 unspecified atom stereocenters. The summed E-state index contributed by atoms with van der Waals surface area (Å²) < 4.78 is 11.2. The van der Waals surface area contributed by atoms with Crippen molar-refractivity contribution in [3.63, 3.8) is 0 Å². The summed E-state index contributed by atoms with van der Waals surface area (Å²) in [6, 6.07) is -0.740. The van der Waals surface area contributed by atoms with E-state index in [0.717, 1.165) is 141 Å². The topological polar surface area (TPSA) is 149 Å². The highest BCUT2D eigenvalue weighted by Crippen LogP contribution is 2.23. The van der Waals surface area contributed by atoms with Crippen molar-refractivity contribution in [3.05, 3.63) is 146 Å². The third kappa shape index (κ3) is 37.8. The predicted octanol–water partition coefficient (Wildman–Crippen LogP) is 13.1. The Labute approximate surface area is 425 Å². The van der Waals surface area contributed by atoms with Gasteiger partial charge >= 0.3 is 0 Å². The third-order valence-electron chi connectivity index (χ3n) is 11.7. The molecule has 1 saturated heterocycles. The maximum atomic E-state index is 12.9. The van der Waals surface area contributed by atoms with Crippen LogP contribution in [0.25, 0.3) is 0 Å². The zero-order chi connectivity index (χ0) is 50.8. The Morgan fingerprint density at radius 3 is 1.31 bits per heavy atom. The quantitative estimate of drug-likeness (QED) is 0.0261. The Kier molecular flexibility index (Phi) is 44.6. The maximum absolute atomic E-state index is 12.9. The molecule has 0 aromatic carbocycles. The number of nitrogens with one attached hydrogen (secondary N) is 1. The summed E-state index contributed by atoms with van der Waals surface area (Å²) in [5.41, 5.74) is 0. The minimum Gasteiger partial charge on any atom is -0.394 e. The minimum absolute atomic E-state index is 0.160. The lowest BCUT2D eigenvalue weighted by atomic mass is 9.99. The molecule has 394 valence electrons. The number of carbonyl (C=O) groups is 1. The van der Waals surface area contributed by atoms with Gasteiger partial charge in [0.15, 0.2) is 6.29 Å². The standard InChI is InChI=1S/C61H97NO8/c1-3-5-7-9-11-12-13-14-15-16-17-18-19-20-21-22-23-24-25-26-27-28-29-30-31-32-33-34-35-36-37-38-39-40-41-42-43-44-45-47-49-51-57(65)62-54(55(64)50-48-46-10-8-6-4-2)53-69-61-60(68)59(67)58(66)56(52-63)70-61/h5,7,11-12,14-15,17-18,20-21,23-24,26-27,29-30,32-33,35-36,38-39,41-42,54-56,58-61,63-64,66-68H,3-4,6,8-10,13,16,19,22,25,28,31,34,37,40,43-53H2,1-2H3,(H,62,65)/b7-5-,12-11-,15-14-,18-17-,21-20-,24-23-,27-26-,30-29-,33-32-,36-35-,39-38-,42-41-. The number of aliphatic hydroxyl groups excluding tert-OH is 5. The van der Waals surface area contributed by atoms with Crippen molar-refractivity contribution in [1.82, 2.24) is 5.32 Å². The third-order valence-corrected chi connectivity index (χ3v) is 11.7. The fourth-order valence-corrected chi connectivity index (χ4v) is 7.43. The average molecular weight is 972 g/mol. The molecule has 9 heteroatoms. The largest absolute Gasteiger partial charge is 0.394 e. The van der Waals surface area contributed by atoms with Crippen molar-refractivity contribution >= 4 is 5.91 Å². The highest BCUT2D eigenvalue weighted by atomic mass is 16.7. The van der Waals surface area contributed by atoms with Gasteiger partial charge in [0.2, 0.25) is 5.91 Å². The molecular formula is C61H97NO8. The monoisotopic (exact) mass is 972 g/mol. The Morgan fingerprint density at radius 1 is 0.500 bits per heavy atom. The number of ether oxygens (including phenoxy) is 2. The summed E-state index contributed by atoms with van der Waals surface area (Å²) in [5.74, 6) is -0.182. The van der Waals surface area contributed by atoms with E-state index in [9.17, 15) is 30.3 Å². The Bertz CT molecular complexity index is 1600. The molecule has 1 heterocycles. The van der Waals surface area contributed by atoms with E-state index in [0.29, 0.717) is 12.8 Å². The van der Waals surface area contributed by atoms with Crippen LogP contribution in [0.15, 0.2) is 146 Å². The van der Waals surface area contributed by atoms with Crippen LogP contribution >= 0.6 is 0 Å². The van der Waals surface area contributed by atoms with Gasteiger partial charge in [-0.3, -0.25) is 4.79 Å². The maximum Gasteiger partial charge on any atom is 0.220 e. The molecule has 0 aromatic rings. The smallest absolute Gasteiger partial charge is 0.220 e. The predicted molar refractivity (Wildman–Crippen MR) is 294 cm³/mol. The van der Waals surface area contributed by atoms with E-state index >= 15 is 0 Å². The molecule has 1 amide bonds. The summed E-state index contributed by atoms with van der Waals surface area (Å²) in [4.78, 5) is 12.9. The molecule has 0 spiro atoms. The number of unbranched alkanes of at least 4 members (excludes halogenated alkanes) is 9. The van der Waals surface area contributed by atoms with Crippen LogP contribution in [0.2, 0.25) is 0 Å². The number of carbonyl (C=O) groups excluding carboxylic acids is 1. The van der Waals surface area contributed by atoms with Crippen LogP contribution in [0.5, 0.6) is 0 Å². The van der Waals surface area contributed by atoms with Crippen LogP contribution in [0, 0.1) is 0 Å². The zero-order valence-electron chi connectivity index (χ0n) is 43.5. The molecule has 0 aliphatic carbocycles. The number of hydrogen-bond donors (Lipinski definition) is 6. The molecule has 0 saturated carbocycles. The van der Waals surface area contributed by atoms with E-state index in [1.807, 2.05) is 0 Å². The van der Waals surface area contributed by atoms with E-state index < -0.39 is 49.5 Å². The lowest BCUT2D eigenvalue weighted by molar-refractivity contribution is -0.302. The highest BCUT2D eigenvalue weighted by molar-refractivity contribution is 5.76. The first kappa shape index (κ1) is 64.1. The van der Waals surface area contributed by atoms with Gasteiger partial charge in [0.25, 0.3) is 0 Å². The number of amides is 1. The zero-order valence-corrected chi connectivity index (χ0v) is 43.5. The van der Waals surface area contributed by atoms with E-state index in [1.165, 1.54) is 6.42 Å². The molecule has 1 rings (SSSR count). The molecule has 7 atom stereocenters. The average Bonchev–Trinajstić information content (AvgIpc) is 3.36. The van der Waals surface area contributed by atoms with Crippen molar-refractivity contribution in [2.45, 2.75) is 217 Å². The van der Waals surface area contributed by atoms with Crippen LogP contribution < -0.4 is 5.32 Å². The number of rotatable bonds is 43. The van der Waals surface area contributed by atoms with Crippen LogP contribution in [-0.4, -0.2) is 87.5 Å². The molecule has 1 aliphatic heterocycles. The summed E-state index contributed by atoms with van der Waals surface area (Å²) in [6.07, 6.45) is 69.2. The van der Waals surface area contributed by atoms with Gasteiger partial charge < -0.3 is 40.3 Å². The lowest BCUT2D eigenvalue weighted by Gasteiger charge is -2.40. The van der Waals surface area contributed by atoms with Gasteiger partial charge in [-0.1, -0.05) is 211 Å². The summed E-state index contributed by atoms with van der Waals surface area (Å²) in [7, 11) is 0. The van der Waals surface area contributed by atoms with Crippen LogP contribution in [0.1, 0.15) is 174 Å². The highest BCUT2D eigenvalue weighted by Gasteiger charge is 2.44. The second kappa shape index (κ2) is 48.7. The molecule has 0 radical (unpaired) electrons. The summed E-state index contributed by atoms with van der Waals surface area (Å²) in [5, 5.41) is 54.0. The molecule has 0 aromatic heterocycles. The Hall–Kier alpha value is -3.93. The number of aliphatic hydroxyl groups is 5. The van der Waals surface area contributed by atoms with E-state index in [-0.39, 0.29) is 12.5 Å². The second-order valence-corrected chi connectivity index (χ2v) is 17.9. The van der Waals surface area contributed by atoms with Crippen molar-refractivity contribution in [1.29, 1.82) is 0 Å². The molecule has 1 fully saturated rings. The Balaban J connectivity index is 2.12. The molecule has 0 bridgehead atoms. The fraction of sp³-hybridized carbons (Fsp3) is 0.590. The summed E-state index contributed by atoms with van der Waals surface area (Å²) in [6.45, 7) is 3.60. The molecular weight excluding hydrogens is 875 g/mol. The lowest BCUT2D eigenvalue weighted by Crippen LogP contribution is -2.60. The first-order chi connectivity index (χ1) is 34.3. The van der Waals surface area contributed by atoms with Crippen molar-refractivity contribution < 1.29 is 39.8 Å². The van der Waals surface area contributed by atoms with Crippen LogP contribution in [-0.2, 0) is 14.3 Å². The first-order valence-electron chi connectivity index (χ1n) is 27.0. The van der Waals surface area contributed by atoms with Gasteiger partial charge in [-0.05, 0) is 103 Å². The minimum atomic E-state index is -1.56. The normalized spacial score (nSPS) is 20.6. The van der Waals surface area contributed by atoms with Gasteiger partial charge in [-0.25, -0.2) is 0 Å². The van der Waals surface area contributed by atoms with Crippen LogP contribution in [0.3, 0.4) is 0 Å². The number of hydrogen-bond acceptors (Lipinski definition) is 8. The van der Waals surface area contributed by atoms with E-state index in [1.54, 1.807) is 0 Å². The van der Waals surface area contributed by atoms with Gasteiger partial charge in [-0.15, -0.1) is 0 Å². The van der Waals surface area contributed by atoms with Gasteiger partial charge in [-0.2, -0.15) is 0 Å². The Morgan fingerprint density at radius 2 is 0.886 bits per heavy atom. The van der Waals surface area contributed by atoms with Crippen molar-refractivity contribution in [3.8, 4) is 0 Å². The first-order valence-corrected chi connectivity index (χ1v) is 27.0. The molecule has 6 N–H and O–H groups in total. The van der Waals surface area contributed by atoms with Gasteiger partial charge in [0.1, 0.15) is 24.4 Å². The SMILES string of the molecule is CC/C=C\C/C=C\C/C=C\C/C=C\C/C=C\C/C=C\C/C=C\C/C=C\C/C=C\C/C=C\C/C=C\C/C=C\CCCCCCC(=O)NC(COC1OC(CO)C(O)C(O)C1O)C(O)CCCCCCCC. The fourth-order valence-electron chi connectivity index (χ4n) is 7.43. The van der Waals surface area contributed by atoms with E-state index in [4.69, 9.17) is 9.47 Å². The van der Waals surface area contributed by atoms with Gasteiger partial charge in [0.05, 0.1) is 25.4 Å². The van der Waals surface area contributed by atoms with Crippen LogP contribution in [0.4, 0.5) is 0 Å². The molecule has 70 heavy (non-hydrogen) atoms. The van der Waals surface area contributed by atoms with Crippen molar-refractivity contribution in [2.24, 2.45) is 0 Å². The molecule has 1 aliphatic rings. The number of allylic oxidation sites excluding steroid dienone is 24. The summed E-state index contributed by atoms with van der Waals surface area (Å²) >= 11 is 0. The van der Waals surface area contributed by atoms with Crippen molar-refractivity contribution in [2.75, 3.05) is 13.2 Å². The second-order valence-electron chi connectivity index (χ2n) is 17.9.